The first-order valence-electron chi connectivity index (χ1n) is 4.63. The maximum absolute atomic E-state index is 11.1. The van der Waals surface area contributed by atoms with E-state index in [1.165, 1.54) is 0 Å². The van der Waals surface area contributed by atoms with Gasteiger partial charge in [0.15, 0.2) is 6.10 Å². The van der Waals surface area contributed by atoms with Crippen molar-refractivity contribution in [1.82, 2.24) is 0 Å². The summed E-state index contributed by atoms with van der Waals surface area (Å²) in [6.07, 6.45) is -0.363. The summed E-state index contributed by atoms with van der Waals surface area (Å²) in [6.45, 7) is 4.50. The molecule has 1 aliphatic rings. The zero-order valence-electron chi connectivity index (χ0n) is 8.03. The summed E-state index contributed by atoms with van der Waals surface area (Å²) in [4.78, 5) is 11.1. The van der Waals surface area contributed by atoms with E-state index in [0.717, 1.165) is 6.42 Å². The van der Waals surface area contributed by atoms with E-state index in [0.29, 0.717) is 13.2 Å². The normalized spacial score (nSPS) is 30.1. The minimum Gasteiger partial charge on any atom is -0.464 e. The summed E-state index contributed by atoms with van der Waals surface area (Å²) < 4.78 is 9.97. The SMILES string of the molecule is CCOC(=O)C(O)C1CCOC1C. The molecule has 13 heavy (non-hydrogen) atoms. The van der Waals surface area contributed by atoms with Crippen molar-refractivity contribution in [2.24, 2.45) is 5.92 Å². The molecule has 0 aliphatic carbocycles. The smallest absolute Gasteiger partial charge is 0.335 e. The standard InChI is InChI=1S/C9H16O4/c1-3-12-9(11)8(10)7-4-5-13-6(7)2/h6-8,10H,3-5H2,1-2H3. The maximum atomic E-state index is 11.1. The minimum absolute atomic E-state index is 0.0561. The summed E-state index contributed by atoms with van der Waals surface area (Å²) in [5.74, 6) is -0.649. The molecular weight excluding hydrogens is 172 g/mol. The molecule has 1 saturated heterocycles. The average molecular weight is 188 g/mol. The second kappa shape index (κ2) is 4.58. The van der Waals surface area contributed by atoms with Crippen LogP contribution in [0.5, 0.6) is 0 Å². The van der Waals surface area contributed by atoms with Crippen LogP contribution in [0.2, 0.25) is 0 Å². The fraction of sp³-hybridized carbons (Fsp3) is 0.889. The van der Waals surface area contributed by atoms with Gasteiger partial charge in [0, 0.05) is 12.5 Å². The van der Waals surface area contributed by atoms with Crippen molar-refractivity contribution in [3.63, 3.8) is 0 Å². The van der Waals surface area contributed by atoms with Crippen molar-refractivity contribution in [2.45, 2.75) is 32.5 Å². The summed E-state index contributed by atoms with van der Waals surface area (Å²) in [5, 5.41) is 9.56. The van der Waals surface area contributed by atoms with E-state index in [2.05, 4.69) is 0 Å². The molecule has 3 unspecified atom stereocenters. The van der Waals surface area contributed by atoms with Gasteiger partial charge < -0.3 is 14.6 Å². The Bertz CT molecular complexity index is 180. The zero-order valence-corrected chi connectivity index (χ0v) is 8.03. The lowest BCUT2D eigenvalue weighted by Crippen LogP contribution is -2.34. The largest absolute Gasteiger partial charge is 0.464 e. The molecule has 1 heterocycles. The Hall–Kier alpha value is -0.610. The van der Waals surface area contributed by atoms with Crippen LogP contribution < -0.4 is 0 Å². The number of hydrogen-bond acceptors (Lipinski definition) is 4. The number of carbonyl (C=O) groups is 1. The molecule has 0 aromatic heterocycles. The van der Waals surface area contributed by atoms with Crippen LogP contribution in [0, 0.1) is 5.92 Å². The van der Waals surface area contributed by atoms with Crippen molar-refractivity contribution in [3.05, 3.63) is 0 Å². The molecule has 0 bridgehead atoms. The number of esters is 1. The van der Waals surface area contributed by atoms with Gasteiger partial charge in [0.25, 0.3) is 0 Å². The van der Waals surface area contributed by atoms with E-state index in [9.17, 15) is 9.90 Å². The zero-order chi connectivity index (χ0) is 9.84. The second-order valence-electron chi connectivity index (χ2n) is 3.23. The molecule has 0 aromatic rings. The van der Waals surface area contributed by atoms with Gasteiger partial charge >= 0.3 is 5.97 Å². The Balaban J connectivity index is 2.45. The predicted octanol–water partition coefficient (Wildman–Crippen LogP) is 0.335. The van der Waals surface area contributed by atoms with Crippen LogP contribution in [0.4, 0.5) is 0 Å². The van der Waals surface area contributed by atoms with Gasteiger partial charge in [0.1, 0.15) is 0 Å². The fourth-order valence-corrected chi connectivity index (χ4v) is 1.57. The minimum atomic E-state index is -1.03. The number of rotatable bonds is 3. The fourth-order valence-electron chi connectivity index (χ4n) is 1.57. The molecule has 0 radical (unpaired) electrons. The van der Waals surface area contributed by atoms with E-state index in [-0.39, 0.29) is 12.0 Å². The van der Waals surface area contributed by atoms with Crippen LogP contribution in [0.15, 0.2) is 0 Å². The third kappa shape index (κ3) is 2.42. The Morgan fingerprint density at radius 1 is 1.77 bits per heavy atom. The molecule has 1 rings (SSSR count). The molecule has 4 heteroatoms. The molecule has 4 nitrogen and oxygen atoms in total. The van der Waals surface area contributed by atoms with Gasteiger partial charge in [-0.2, -0.15) is 0 Å². The van der Waals surface area contributed by atoms with Crippen molar-refractivity contribution in [2.75, 3.05) is 13.2 Å². The van der Waals surface area contributed by atoms with Crippen molar-refractivity contribution < 1.29 is 19.4 Å². The number of ether oxygens (including phenoxy) is 2. The first-order valence-corrected chi connectivity index (χ1v) is 4.63. The van der Waals surface area contributed by atoms with Gasteiger partial charge in [-0.1, -0.05) is 0 Å². The van der Waals surface area contributed by atoms with Crippen LogP contribution in [-0.2, 0) is 14.3 Å². The van der Waals surface area contributed by atoms with Crippen molar-refractivity contribution in [3.8, 4) is 0 Å². The molecule has 1 N–H and O–H groups in total. The lowest BCUT2D eigenvalue weighted by Gasteiger charge is -2.18. The number of aliphatic hydroxyl groups excluding tert-OH is 1. The van der Waals surface area contributed by atoms with Gasteiger partial charge in [-0.15, -0.1) is 0 Å². The third-order valence-corrected chi connectivity index (χ3v) is 2.37. The Morgan fingerprint density at radius 2 is 2.46 bits per heavy atom. The van der Waals surface area contributed by atoms with Crippen LogP contribution in [-0.4, -0.2) is 36.5 Å². The van der Waals surface area contributed by atoms with E-state index in [1.807, 2.05) is 6.92 Å². The van der Waals surface area contributed by atoms with E-state index < -0.39 is 12.1 Å². The van der Waals surface area contributed by atoms with Crippen LogP contribution in [0.1, 0.15) is 20.3 Å². The van der Waals surface area contributed by atoms with Gasteiger partial charge in [0.05, 0.1) is 12.7 Å². The van der Waals surface area contributed by atoms with E-state index >= 15 is 0 Å². The van der Waals surface area contributed by atoms with Crippen molar-refractivity contribution >= 4 is 5.97 Å². The summed E-state index contributed by atoms with van der Waals surface area (Å²) in [7, 11) is 0. The average Bonchev–Trinajstić information content (AvgIpc) is 2.50. The summed E-state index contributed by atoms with van der Waals surface area (Å²) in [5.41, 5.74) is 0. The summed E-state index contributed by atoms with van der Waals surface area (Å²) >= 11 is 0. The first kappa shape index (κ1) is 10.5. The molecule has 0 amide bonds. The number of aliphatic hydroxyl groups is 1. The van der Waals surface area contributed by atoms with Gasteiger partial charge in [0.2, 0.25) is 0 Å². The first-order chi connectivity index (χ1) is 6.16. The van der Waals surface area contributed by atoms with Gasteiger partial charge in [-0.25, -0.2) is 4.79 Å². The molecule has 0 aromatic carbocycles. The lowest BCUT2D eigenvalue weighted by atomic mass is 9.96. The topological polar surface area (TPSA) is 55.8 Å². The molecule has 0 saturated carbocycles. The van der Waals surface area contributed by atoms with Crippen molar-refractivity contribution in [1.29, 1.82) is 0 Å². The molecule has 0 spiro atoms. The van der Waals surface area contributed by atoms with Gasteiger partial charge in [-0.05, 0) is 20.3 Å². The lowest BCUT2D eigenvalue weighted by molar-refractivity contribution is -0.157. The van der Waals surface area contributed by atoms with Crippen LogP contribution >= 0.6 is 0 Å². The molecule has 76 valence electrons. The summed E-state index contributed by atoms with van der Waals surface area (Å²) in [6, 6.07) is 0. The molecular formula is C9H16O4. The Kier molecular flexibility index (Phi) is 3.69. The van der Waals surface area contributed by atoms with E-state index in [4.69, 9.17) is 9.47 Å². The number of carbonyl (C=O) groups excluding carboxylic acids is 1. The highest BCUT2D eigenvalue weighted by molar-refractivity contribution is 5.74. The van der Waals surface area contributed by atoms with E-state index in [1.54, 1.807) is 6.92 Å². The van der Waals surface area contributed by atoms with Gasteiger partial charge in [-0.3, -0.25) is 0 Å². The maximum Gasteiger partial charge on any atom is 0.335 e. The quantitative estimate of drug-likeness (QED) is 0.649. The molecule has 3 atom stereocenters. The van der Waals surface area contributed by atoms with Crippen LogP contribution in [0.3, 0.4) is 0 Å². The second-order valence-corrected chi connectivity index (χ2v) is 3.23. The predicted molar refractivity (Wildman–Crippen MR) is 46.2 cm³/mol. The highest BCUT2D eigenvalue weighted by atomic mass is 16.5. The highest BCUT2D eigenvalue weighted by Crippen LogP contribution is 2.24. The Morgan fingerprint density at radius 3 is 2.92 bits per heavy atom. The highest BCUT2D eigenvalue weighted by Gasteiger charge is 2.35. The third-order valence-electron chi connectivity index (χ3n) is 2.37. The number of hydrogen-bond donors (Lipinski definition) is 1. The molecule has 1 fully saturated rings. The monoisotopic (exact) mass is 188 g/mol. The Labute approximate surface area is 77.8 Å². The van der Waals surface area contributed by atoms with Crippen LogP contribution in [0.25, 0.3) is 0 Å². The molecule has 1 aliphatic heterocycles.